The van der Waals surface area contributed by atoms with Crippen LogP contribution in [0.15, 0.2) is 87.8 Å². The Morgan fingerprint density at radius 3 is 2.56 bits per heavy atom. The van der Waals surface area contributed by atoms with Crippen LogP contribution in [-0.2, 0) is 16.1 Å². The van der Waals surface area contributed by atoms with Crippen LogP contribution in [0.3, 0.4) is 0 Å². The van der Waals surface area contributed by atoms with E-state index in [1.165, 1.54) is 23.0 Å². The highest BCUT2D eigenvalue weighted by Crippen LogP contribution is 2.37. The molecule has 0 saturated carbocycles. The summed E-state index contributed by atoms with van der Waals surface area (Å²) in [5.41, 5.74) is 2.59. The molecule has 10 heteroatoms. The maximum absolute atomic E-state index is 14.1. The van der Waals surface area contributed by atoms with Gasteiger partial charge < -0.3 is 18.9 Å². The van der Waals surface area contributed by atoms with Crippen molar-refractivity contribution >= 4 is 35.0 Å². The molecule has 5 rings (SSSR count). The highest BCUT2D eigenvalue weighted by molar-refractivity contribution is 7.07. The Hall–Kier alpha value is -4.34. The first-order valence-electron chi connectivity index (χ1n) is 13.7. The van der Waals surface area contributed by atoms with E-state index in [0.29, 0.717) is 61.6 Å². The van der Waals surface area contributed by atoms with Crippen molar-refractivity contribution < 1.29 is 23.7 Å². The molecule has 1 atom stereocenters. The van der Waals surface area contributed by atoms with Gasteiger partial charge in [-0.1, -0.05) is 72.3 Å². The van der Waals surface area contributed by atoms with Gasteiger partial charge in [0.15, 0.2) is 16.3 Å². The summed E-state index contributed by atoms with van der Waals surface area (Å²) in [6.07, 6.45) is 2.53. The summed E-state index contributed by atoms with van der Waals surface area (Å²) in [6.45, 7) is 4.54. The van der Waals surface area contributed by atoms with Gasteiger partial charge in [0.25, 0.3) is 5.56 Å². The lowest BCUT2D eigenvalue weighted by molar-refractivity contribution is -0.136. The highest BCUT2D eigenvalue weighted by Gasteiger charge is 2.35. The van der Waals surface area contributed by atoms with Crippen molar-refractivity contribution in [3.63, 3.8) is 0 Å². The van der Waals surface area contributed by atoms with Crippen molar-refractivity contribution in [2.24, 2.45) is 4.99 Å². The monoisotopic (exact) mass is 618 g/mol. The number of halogens is 1. The smallest absolute Gasteiger partial charge is 0.338 e. The van der Waals surface area contributed by atoms with Crippen LogP contribution < -0.4 is 29.1 Å². The molecule has 3 aromatic carbocycles. The van der Waals surface area contributed by atoms with E-state index in [1.807, 2.05) is 55.5 Å². The summed E-state index contributed by atoms with van der Waals surface area (Å²) < 4.78 is 24.9. The van der Waals surface area contributed by atoms with Crippen LogP contribution in [0.25, 0.3) is 6.08 Å². The molecule has 4 aromatic rings. The molecule has 43 heavy (non-hydrogen) atoms. The third-order valence-corrected chi connectivity index (χ3v) is 8.11. The number of nitrogens with zero attached hydrogens (tertiary/aromatic N) is 2. The number of methoxy groups -OCH3 is 2. The van der Waals surface area contributed by atoms with E-state index in [-0.39, 0.29) is 11.1 Å². The topological polar surface area (TPSA) is 88.4 Å². The number of esters is 1. The molecule has 1 aromatic heterocycles. The van der Waals surface area contributed by atoms with Gasteiger partial charge in [-0.25, -0.2) is 9.79 Å². The molecule has 0 fully saturated rings. The number of hydrogen-bond acceptors (Lipinski definition) is 8. The fourth-order valence-electron chi connectivity index (χ4n) is 4.92. The van der Waals surface area contributed by atoms with Gasteiger partial charge in [0.05, 0.1) is 36.6 Å². The molecule has 8 nitrogen and oxygen atoms in total. The zero-order valence-corrected chi connectivity index (χ0v) is 25.8. The number of fused-ring (bicyclic) bond motifs is 1. The minimum atomic E-state index is -0.862. The molecule has 0 amide bonds. The van der Waals surface area contributed by atoms with Crippen LogP contribution in [0, 0.1) is 0 Å². The van der Waals surface area contributed by atoms with E-state index in [9.17, 15) is 9.59 Å². The van der Waals surface area contributed by atoms with E-state index in [4.69, 9.17) is 30.5 Å². The Morgan fingerprint density at radius 2 is 1.84 bits per heavy atom. The van der Waals surface area contributed by atoms with Gasteiger partial charge in [-0.3, -0.25) is 9.36 Å². The molecule has 0 radical (unpaired) electrons. The second-order valence-electron chi connectivity index (χ2n) is 9.76. The van der Waals surface area contributed by atoms with Crippen molar-refractivity contribution in [2.45, 2.75) is 32.9 Å². The number of allylic oxidation sites excluding steroid dienone is 1. The van der Waals surface area contributed by atoms with Gasteiger partial charge in [0, 0.05) is 16.1 Å². The second-order valence-corrected chi connectivity index (χ2v) is 11.2. The van der Waals surface area contributed by atoms with Gasteiger partial charge in [0.1, 0.15) is 18.4 Å². The van der Waals surface area contributed by atoms with Crippen LogP contribution in [0.2, 0.25) is 5.02 Å². The van der Waals surface area contributed by atoms with Gasteiger partial charge in [-0.15, -0.1) is 0 Å². The summed E-state index contributed by atoms with van der Waals surface area (Å²) in [5.74, 6) is 0.974. The van der Waals surface area contributed by atoms with E-state index in [0.717, 1.165) is 12.0 Å². The number of carbonyl (C=O) groups is 1. The summed E-state index contributed by atoms with van der Waals surface area (Å²) in [7, 11) is 2.86. The summed E-state index contributed by atoms with van der Waals surface area (Å²) in [4.78, 5) is 32.3. The van der Waals surface area contributed by atoms with Crippen LogP contribution in [-0.4, -0.2) is 31.4 Å². The lowest BCUT2D eigenvalue weighted by Gasteiger charge is -2.26. The number of hydrogen-bond donors (Lipinski definition) is 0. The molecule has 0 saturated heterocycles. The van der Waals surface area contributed by atoms with Gasteiger partial charge in [-0.05, 0) is 49.2 Å². The molecule has 0 N–H and O–H groups in total. The van der Waals surface area contributed by atoms with Crippen molar-refractivity contribution in [1.29, 1.82) is 0 Å². The molecule has 1 unspecified atom stereocenters. The Balaban J connectivity index is 1.65. The molecule has 222 valence electrons. The third-order valence-electron chi connectivity index (χ3n) is 6.89. The predicted octanol–water partition coefficient (Wildman–Crippen LogP) is 5.44. The Labute approximate surface area is 258 Å². The first-order chi connectivity index (χ1) is 20.9. The number of aromatic nitrogens is 1. The maximum atomic E-state index is 14.1. The van der Waals surface area contributed by atoms with Gasteiger partial charge >= 0.3 is 5.97 Å². The minimum Gasteiger partial charge on any atom is -0.493 e. The number of para-hydroxylation sites is 1. The first-order valence-corrected chi connectivity index (χ1v) is 14.9. The number of carbonyl (C=O) groups excluding carboxylic acids is 1. The molecule has 0 aliphatic carbocycles. The van der Waals surface area contributed by atoms with Crippen molar-refractivity contribution in [3.8, 4) is 17.2 Å². The van der Waals surface area contributed by atoms with E-state index < -0.39 is 12.0 Å². The lowest BCUT2D eigenvalue weighted by Crippen LogP contribution is -2.40. The average molecular weight is 619 g/mol. The average Bonchev–Trinajstić information content (AvgIpc) is 3.32. The zero-order valence-electron chi connectivity index (χ0n) is 24.3. The molecule has 0 bridgehead atoms. The van der Waals surface area contributed by atoms with Crippen molar-refractivity contribution in [1.82, 2.24) is 4.57 Å². The molecular formula is C33H31ClN2O6S. The largest absolute Gasteiger partial charge is 0.493 e. The molecule has 1 aliphatic rings. The second kappa shape index (κ2) is 13.3. The van der Waals surface area contributed by atoms with Gasteiger partial charge in [0.2, 0.25) is 0 Å². The predicted molar refractivity (Wildman–Crippen MR) is 167 cm³/mol. The first kappa shape index (κ1) is 30.1. The summed E-state index contributed by atoms with van der Waals surface area (Å²) >= 11 is 7.65. The number of ether oxygens (including phenoxy) is 4. The SMILES string of the molecule is CCCOc1ccc(Cl)cc1C1C(C(=O)OC)=C(C)N=c2sc(=Cc3cccc(OCc4ccccc4)c3OC)c(=O)n21. The van der Waals surface area contributed by atoms with E-state index in [1.54, 1.807) is 38.3 Å². The van der Waals surface area contributed by atoms with Crippen molar-refractivity contribution in [3.05, 3.63) is 119 Å². The Kier molecular flexibility index (Phi) is 9.33. The number of rotatable bonds is 10. The van der Waals surface area contributed by atoms with E-state index >= 15 is 0 Å². The Bertz CT molecular complexity index is 1860. The quantitative estimate of drug-likeness (QED) is 0.220. The van der Waals surface area contributed by atoms with Crippen molar-refractivity contribution in [2.75, 3.05) is 20.8 Å². The molecule has 2 heterocycles. The van der Waals surface area contributed by atoms with E-state index in [2.05, 4.69) is 4.99 Å². The Morgan fingerprint density at radius 1 is 1.05 bits per heavy atom. The normalized spacial score (nSPS) is 14.6. The molecule has 1 aliphatic heterocycles. The highest BCUT2D eigenvalue weighted by atomic mass is 35.5. The molecule has 0 spiro atoms. The third kappa shape index (κ3) is 6.23. The van der Waals surface area contributed by atoms with Crippen LogP contribution in [0.5, 0.6) is 17.2 Å². The van der Waals surface area contributed by atoms with Crippen LogP contribution in [0.1, 0.15) is 43.0 Å². The number of benzene rings is 3. The lowest BCUT2D eigenvalue weighted by atomic mass is 9.95. The van der Waals surface area contributed by atoms with Crippen LogP contribution in [0.4, 0.5) is 0 Å². The summed E-state index contributed by atoms with van der Waals surface area (Å²) in [5, 5.41) is 0.442. The number of thiazole rings is 1. The summed E-state index contributed by atoms with van der Waals surface area (Å²) in [6, 6.07) is 19.7. The fraction of sp³-hybridized carbons (Fsp3) is 0.242. The fourth-order valence-corrected chi connectivity index (χ4v) is 6.14. The van der Waals surface area contributed by atoms with Crippen LogP contribution >= 0.6 is 22.9 Å². The standard InChI is InChI=1S/C33H31ClN2O6S/c1-5-16-41-25-15-14-23(34)18-24(25)29-28(32(38)40-4)20(2)35-33-36(29)31(37)27(43-33)17-22-12-9-13-26(30(22)39-3)42-19-21-10-7-6-8-11-21/h6-15,17-18,29H,5,16,19H2,1-4H3. The molecular weight excluding hydrogens is 588 g/mol. The van der Waals surface area contributed by atoms with Gasteiger partial charge in [-0.2, -0.15) is 0 Å². The zero-order chi connectivity index (χ0) is 30.5. The minimum absolute atomic E-state index is 0.235. The maximum Gasteiger partial charge on any atom is 0.338 e.